The average Bonchev–Trinajstić information content (AvgIpc) is 2.86. The van der Waals surface area contributed by atoms with Crippen LogP contribution >= 0.6 is 0 Å². The molecular weight excluding hydrogens is 406 g/mol. The van der Waals surface area contributed by atoms with Gasteiger partial charge in [0.05, 0.1) is 7.11 Å². The Morgan fingerprint density at radius 1 is 1.09 bits per heavy atom. The van der Waals surface area contributed by atoms with E-state index in [0.717, 1.165) is 0 Å². The molecule has 1 aliphatic rings. The van der Waals surface area contributed by atoms with Gasteiger partial charge in [-0.3, -0.25) is 14.4 Å². The SMILES string of the molecule is C=CCNC(=O)[C@H](NC(=O)c1ccccc1)C1CCN(C(=O)c2cccc(OC)c2)CC1. The Bertz CT molecular complexity index is 953. The summed E-state index contributed by atoms with van der Waals surface area (Å²) >= 11 is 0. The van der Waals surface area contributed by atoms with Gasteiger partial charge in [0.15, 0.2) is 0 Å². The molecule has 32 heavy (non-hydrogen) atoms. The van der Waals surface area contributed by atoms with Gasteiger partial charge >= 0.3 is 0 Å². The molecule has 1 saturated heterocycles. The minimum atomic E-state index is -0.684. The first-order chi connectivity index (χ1) is 15.5. The first-order valence-corrected chi connectivity index (χ1v) is 10.7. The van der Waals surface area contributed by atoms with Crippen molar-refractivity contribution in [1.82, 2.24) is 15.5 Å². The lowest BCUT2D eigenvalue weighted by molar-refractivity contribution is -0.124. The van der Waals surface area contributed by atoms with E-state index in [2.05, 4.69) is 17.2 Å². The van der Waals surface area contributed by atoms with E-state index in [1.54, 1.807) is 66.6 Å². The molecular formula is C25H29N3O4. The summed E-state index contributed by atoms with van der Waals surface area (Å²) in [5, 5.41) is 5.69. The standard InChI is InChI=1S/C25H29N3O4/c1-3-14-26-24(30)22(27-23(29)19-8-5-4-6-9-19)18-12-15-28(16-13-18)25(31)20-10-7-11-21(17-20)32-2/h3-11,17-18,22H,1,12-16H2,2H3,(H,26,30)(H,27,29)/t22-/m1/s1. The molecule has 3 rings (SSSR count). The Morgan fingerprint density at radius 3 is 2.44 bits per heavy atom. The van der Waals surface area contributed by atoms with E-state index in [4.69, 9.17) is 4.74 Å². The third-order valence-electron chi connectivity index (χ3n) is 5.64. The van der Waals surface area contributed by atoms with Crippen LogP contribution in [0.4, 0.5) is 0 Å². The zero-order valence-electron chi connectivity index (χ0n) is 18.3. The van der Waals surface area contributed by atoms with Gasteiger partial charge in [0.2, 0.25) is 5.91 Å². The molecule has 1 aliphatic heterocycles. The summed E-state index contributed by atoms with van der Waals surface area (Å²) in [7, 11) is 1.57. The monoisotopic (exact) mass is 435 g/mol. The number of benzene rings is 2. The van der Waals surface area contributed by atoms with Crippen LogP contribution in [0.3, 0.4) is 0 Å². The second-order valence-electron chi connectivity index (χ2n) is 7.71. The average molecular weight is 436 g/mol. The Kier molecular flexibility index (Phi) is 8.02. The van der Waals surface area contributed by atoms with E-state index in [9.17, 15) is 14.4 Å². The Balaban J connectivity index is 1.67. The predicted molar refractivity (Wildman–Crippen MR) is 123 cm³/mol. The zero-order valence-corrected chi connectivity index (χ0v) is 18.3. The van der Waals surface area contributed by atoms with Crippen LogP contribution in [-0.4, -0.2) is 55.4 Å². The number of ether oxygens (including phenoxy) is 1. The van der Waals surface area contributed by atoms with Crippen molar-refractivity contribution in [2.24, 2.45) is 5.92 Å². The topological polar surface area (TPSA) is 87.7 Å². The predicted octanol–water partition coefficient (Wildman–Crippen LogP) is 2.65. The minimum Gasteiger partial charge on any atom is -0.497 e. The summed E-state index contributed by atoms with van der Waals surface area (Å²) in [5.41, 5.74) is 1.07. The van der Waals surface area contributed by atoms with Gasteiger partial charge in [-0.2, -0.15) is 0 Å². The summed E-state index contributed by atoms with van der Waals surface area (Å²) in [6, 6.07) is 15.2. The van der Waals surface area contributed by atoms with Gasteiger partial charge < -0.3 is 20.3 Å². The number of rotatable bonds is 8. The molecule has 0 saturated carbocycles. The van der Waals surface area contributed by atoms with E-state index in [-0.39, 0.29) is 23.6 Å². The molecule has 0 aliphatic carbocycles. The zero-order chi connectivity index (χ0) is 22.9. The molecule has 7 heteroatoms. The van der Waals surface area contributed by atoms with Crippen LogP contribution in [0.5, 0.6) is 5.75 Å². The molecule has 0 unspecified atom stereocenters. The van der Waals surface area contributed by atoms with Crippen molar-refractivity contribution >= 4 is 17.7 Å². The van der Waals surface area contributed by atoms with Gasteiger partial charge in [0.1, 0.15) is 11.8 Å². The van der Waals surface area contributed by atoms with Crippen LogP contribution in [0.25, 0.3) is 0 Å². The van der Waals surface area contributed by atoms with Crippen molar-refractivity contribution in [3.8, 4) is 5.75 Å². The van der Waals surface area contributed by atoms with Crippen molar-refractivity contribution in [3.63, 3.8) is 0 Å². The van der Waals surface area contributed by atoms with Crippen molar-refractivity contribution in [2.75, 3.05) is 26.7 Å². The lowest BCUT2D eigenvalue weighted by atomic mass is 9.88. The smallest absolute Gasteiger partial charge is 0.253 e. The van der Waals surface area contributed by atoms with Crippen molar-refractivity contribution in [3.05, 3.63) is 78.4 Å². The fraction of sp³-hybridized carbons (Fsp3) is 0.320. The lowest BCUT2D eigenvalue weighted by Gasteiger charge is -2.36. The molecule has 0 spiro atoms. The van der Waals surface area contributed by atoms with E-state index >= 15 is 0 Å². The third kappa shape index (κ3) is 5.75. The highest BCUT2D eigenvalue weighted by molar-refractivity contribution is 5.97. The highest BCUT2D eigenvalue weighted by Gasteiger charge is 2.34. The number of carbonyl (C=O) groups excluding carboxylic acids is 3. The summed E-state index contributed by atoms with van der Waals surface area (Å²) in [6.07, 6.45) is 2.82. The van der Waals surface area contributed by atoms with Gasteiger partial charge in [-0.05, 0) is 49.1 Å². The molecule has 1 fully saturated rings. The highest BCUT2D eigenvalue weighted by Crippen LogP contribution is 2.24. The molecule has 3 amide bonds. The molecule has 1 atom stereocenters. The number of amides is 3. The molecule has 168 valence electrons. The number of carbonyl (C=O) groups is 3. The second kappa shape index (κ2) is 11.1. The summed E-state index contributed by atoms with van der Waals surface area (Å²) in [5.74, 6) is -0.0514. The van der Waals surface area contributed by atoms with Crippen LogP contribution in [0.2, 0.25) is 0 Å². The quantitative estimate of drug-likeness (QED) is 0.624. The number of piperidine rings is 1. The van der Waals surface area contributed by atoms with Gasteiger partial charge in [0.25, 0.3) is 11.8 Å². The number of likely N-dealkylation sites (tertiary alicyclic amines) is 1. The van der Waals surface area contributed by atoms with Crippen molar-refractivity contribution in [1.29, 1.82) is 0 Å². The molecule has 0 radical (unpaired) electrons. The molecule has 2 aromatic carbocycles. The maximum atomic E-state index is 12.9. The number of hydrogen-bond acceptors (Lipinski definition) is 4. The highest BCUT2D eigenvalue weighted by atomic mass is 16.5. The fourth-order valence-electron chi connectivity index (χ4n) is 3.87. The van der Waals surface area contributed by atoms with E-state index in [1.807, 2.05) is 6.07 Å². The van der Waals surface area contributed by atoms with Gasteiger partial charge in [-0.1, -0.05) is 30.3 Å². The van der Waals surface area contributed by atoms with E-state index in [0.29, 0.717) is 49.4 Å². The van der Waals surface area contributed by atoms with Crippen molar-refractivity contribution < 1.29 is 19.1 Å². The Morgan fingerprint density at radius 2 is 1.78 bits per heavy atom. The Hall–Kier alpha value is -3.61. The maximum Gasteiger partial charge on any atom is 0.253 e. The number of methoxy groups -OCH3 is 1. The van der Waals surface area contributed by atoms with Crippen molar-refractivity contribution in [2.45, 2.75) is 18.9 Å². The van der Waals surface area contributed by atoms with Gasteiger partial charge in [-0.15, -0.1) is 6.58 Å². The van der Waals surface area contributed by atoms with E-state index < -0.39 is 6.04 Å². The number of hydrogen-bond donors (Lipinski definition) is 2. The van der Waals surface area contributed by atoms with Gasteiger partial charge in [-0.25, -0.2) is 0 Å². The molecule has 2 aromatic rings. The first-order valence-electron chi connectivity index (χ1n) is 10.7. The second-order valence-corrected chi connectivity index (χ2v) is 7.71. The molecule has 0 aromatic heterocycles. The number of nitrogens with zero attached hydrogens (tertiary/aromatic N) is 1. The molecule has 0 bridgehead atoms. The summed E-state index contributed by atoms with van der Waals surface area (Å²) in [4.78, 5) is 40.2. The molecule has 2 N–H and O–H groups in total. The van der Waals surface area contributed by atoms with E-state index in [1.165, 1.54) is 0 Å². The normalized spacial score (nSPS) is 14.8. The largest absolute Gasteiger partial charge is 0.497 e. The first kappa shape index (κ1) is 23.1. The lowest BCUT2D eigenvalue weighted by Crippen LogP contribution is -2.53. The number of nitrogens with one attached hydrogen (secondary N) is 2. The Labute approximate surface area is 188 Å². The summed E-state index contributed by atoms with van der Waals surface area (Å²) in [6.45, 7) is 4.97. The summed E-state index contributed by atoms with van der Waals surface area (Å²) < 4.78 is 5.21. The fourth-order valence-corrected chi connectivity index (χ4v) is 3.87. The minimum absolute atomic E-state index is 0.0664. The maximum absolute atomic E-state index is 12.9. The van der Waals surface area contributed by atoms with Crippen LogP contribution in [0.1, 0.15) is 33.6 Å². The van der Waals surface area contributed by atoms with Crippen LogP contribution in [-0.2, 0) is 4.79 Å². The molecule has 1 heterocycles. The van der Waals surface area contributed by atoms with Crippen LogP contribution < -0.4 is 15.4 Å². The third-order valence-corrected chi connectivity index (χ3v) is 5.64. The van der Waals surface area contributed by atoms with Crippen LogP contribution in [0, 0.1) is 5.92 Å². The van der Waals surface area contributed by atoms with Crippen LogP contribution in [0.15, 0.2) is 67.3 Å². The molecule has 7 nitrogen and oxygen atoms in total. The van der Waals surface area contributed by atoms with Gasteiger partial charge in [0, 0.05) is 30.8 Å².